The van der Waals surface area contributed by atoms with Gasteiger partial charge in [-0.05, 0) is 30.7 Å². The molecule has 0 spiro atoms. The van der Waals surface area contributed by atoms with Crippen LogP contribution < -0.4 is 0 Å². The fourth-order valence-electron chi connectivity index (χ4n) is 1.32. The number of pyridine rings is 1. The molecule has 13 heavy (non-hydrogen) atoms. The number of aryl methyl sites for hydroxylation is 1. The Kier molecular flexibility index (Phi) is 1.85. The molecule has 0 atom stereocenters. The average Bonchev–Trinajstić information content (AvgIpc) is 2.12. The Labute approximate surface area is 80.8 Å². The molecular weight excluding hydrogens is 186 g/mol. The predicted octanol–water partition coefficient (Wildman–Crippen LogP) is 2.90. The SMILES string of the molecule is Cc1c(Cl)ccc2c(O)ccnc12. The molecule has 0 aliphatic heterocycles. The summed E-state index contributed by atoms with van der Waals surface area (Å²) in [7, 11) is 0. The van der Waals surface area contributed by atoms with Gasteiger partial charge in [-0.2, -0.15) is 0 Å². The predicted molar refractivity (Wildman–Crippen MR) is 53.2 cm³/mol. The largest absolute Gasteiger partial charge is 0.507 e. The van der Waals surface area contributed by atoms with Crippen LogP contribution in [0.3, 0.4) is 0 Å². The highest BCUT2D eigenvalue weighted by Gasteiger charge is 2.05. The second-order valence-corrected chi connectivity index (χ2v) is 3.31. The highest BCUT2D eigenvalue weighted by molar-refractivity contribution is 6.32. The second kappa shape index (κ2) is 2.89. The Morgan fingerprint density at radius 1 is 1.31 bits per heavy atom. The van der Waals surface area contributed by atoms with Crippen molar-refractivity contribution in [3.63, 3.8) is 0 Å². The van der Waals surface area contributed by atoms with Crippen molar-refractivity contribution >= 4 is 22.5 Å². The normalized spacial score (nSPS) is 10.6. The lowest BCUT2D eigenvalue weighted by atomic mass is 10.1. The van der Waals surface area contributed by atoms with E-state index < -0.39 is 0 Å². The molecule has 0 aliphatic carbocycles. The molecule has 2 aromatic rings. The fraction of sp³-hybridized carbons (Fsp3) is 0.100. The van der Waals surface area contributed by atoms with E-state index in [1.165, 1.54) is 0 Å². The first-order valence-corrected chi connectivity index (χ1v) is 4.31. The van der Waals surface area contributed by atoms with Crippen LogP contribution in [0.1, 0.15) is 5.56 Å². The van der Waals surface area contributed by atoms with E-state index in [1.807, 2.05) is 6.92 Å². The summed E-state index contributed by atoms with van der Waals surface area (Å²) in [5, 5.41) is 10.9. The Hall–Kier alpha value is -1.28. The number of halogens is 1. The maximum absolute atomic E-state index is 9.50. The number of hydrogen-bond acceptors (Lipinski definition) is 2. The van der Waals surface area contributed by atoms with Crippen molar-refractivity contribution in [3.8, 4) is 5.75 Å². The van der Waals surface area contributed by atoms with Crippen LogP contribution in [0.5, 0.6) is 5.75 Å². The van der Waals surface area contributed by atoms with Gasteiger partial charge in [-0.15, -0.1) is 0 Å². The number of aromatic hydroxyl groups is 1. The van der Waals surface area contributed by atoms with Gasteiger partial charge < -0.3 is 5.11 Å². The van der Waals surface area contributed by atoms with Gasteiger partial charge in [-0.25, -0.2) is 0 Å². The van der Waals surface area contributed by atoms with E-state index in [4.69, 9.17) is 11.6 Å². The van der Waals surface area contributed by atoms with E-state index in [9.17, 15) is 5.11 Å². The molecule has 0 amide bonds. The van der Waals surface area contributed by atoms with Crippen LogP contribution in [0.4, 0.5) is 0 Å². The summed E-state index contributed by atoms with van der Waals surface area (Å²) in [6.07, 6.45) is 1.57. The smallest absolute Gasteiger partial charge is 0.126 e. The van der Waals surface area contributed by atoms with Crippen LogP contribution >= 0.6 is 11.6 Å². The zero-order valence-electron chi connectivity index (χ0n) is 7.08. The zero-order valence-corrected chi connectivity index (χ0v) is 7.84. The van der Waals surface area contributed by atoms with Gasteiger partial charge in [-0.3, -0.25) is 4.98 Å². The van der Waals surface area contributed by atoms with E-state index in [2.05, 4.69) is 4.98 Å². The molecule has 0 fully saturated rings. The highest BCUT2D eigenvalue weighted by atomic mass is 35.5. The molecule has 0 saturated carbocycles. The first-order valence-electron chi connectivity index (χ1n) is 3.93. The lowest BCUT2D eigenvalue weighted by molar-refractivity contribution is 0.481. The molecule has 2 nitrogen and oxygen atoms in total. The molecule has 66 valence electrons. The monoisotopic (exact) mass is 193 g/mol. The zero-order chi connectivity index (χ0) is 9.42. The number of hydrogen-bond donors (Lipinski definition) is 1. The first-order chi connectivity index (χ1) is 6.20. The maximum Gasteiger partial charge on any atom is 0.126 e. The number of rotatable bonds is 0. The molecule has 0 unspecified atom stereocenters. The molecule has 1 aromatic heterocycles. The quantitative estimate of drug-likeness (QED) is 0.698. The molecule has 0 radical (unpaired) electrons. The Morgan fingerprint density at radius 2 is 2.08 bits per heavy atom. The average molecular weight is 194 g/mol. The van der Waals surface area contributed by atoms with Crippen LogP contribution in [0.2, 0.25) is 5.02 Å². The topological polar surface area (TPSA) is 33.1 Å². The van der Waals surface area contributed by atoms with Gasteiger partial charge >= 0.3 is 0 Å². The summed E-state index contributed by atoms with van der Waals surface area (Å²) in [4.78, 5) is 4.16. The van der Waals surface area contributed by atoms with Crippen molar-refractivity contribution in [3.05, 3.63) is 35.0 Å². The third kappa shape index (κ3) is 1.23. The lowest BCUT2D eigenvalue weighted by Crippen LogP contribution is -1.84. The molecule has 0 bridgehead atoms. The molecule has 1 aromatic carbocycles. The Morgan fingerprint density at radius 3 is 2.85 bits per heavy atom. The van der Waals surface area contributed by atoms with Crippen LogP contribution in [-0.2, 0) is 0 Å². The minimum Gasteiger partial charge on any atom is -0.507 e. The summed E-state index contributed by atoms with van der Waals surface area (Å²) in [6.45, 7) is 1.89. The number of nitrogens with zero attached hydrogens (tertiary/aromatic N) is 1. The summed E-state index contributed by atoms with van der Waals surface area (Å²) >= 11 is 5.92. The van der Waals surface area contributed by atoms with Gasteiger partial charge in [0.15, 0.2) is 0 Å². The molecule has 3 heteroatoms. The van der Waals surface area contributed by atoms with Crippen molar-refractivity contribution in [2.45, 2.75) is 6.92 Å². The van der Waals surface area contributed by atoms with E-state index >= 15 is 0 Å². The van der Waals surface area contributed by atoms with Crippen molar-refractivity contribution in [2.24, 2.45) is 0 Å². The molecule has 0 aliphatic rings. The van der Waals surface area contributed by atoms with Crippen molar-refractivity contribution in [1.82, 2.24) is 4.98 Å². The van der Waals surface area contributed by atoms with Gasteiger partial charge in [0.05, 0.1) is 5.52 Å². The number of aromatic nitrogens is 1. The first kappa shape index (κ1) is 8.32. The van der Waals surface area contributed by atoms with E-state index in [1.54, 1.807) is 24.4 Å². The van der Waals surface area contributed by atoms with Crippen LogP contribution in [0.25, 0.3) is 10.9 Å². The van der Waals surface area contributed by atoms with Gasteiger partial charge in [0.1, 0.15) is 5.75 Å². The summed E-state index contributed by atoms with van der Waals surface area (Å²) in [5.74, 6) is 0.241. The summed E-state index contributed by atoms with van der Waals surface area (Å²) < 4.78 is 0. The van der Waals surface area contributed by atoms with Crippen molar-refractivity contribution < 1.29 is 5.11 Å². The second-order valence-electron chi connectivity index (χ2n) is 2.90. The van der Waals surface area contributed by atoms with Crippen LogP contribution in [-0.4, -0.2) is 10.1 Å². The molecule has 0 saturated heterocycles. The molecule has 2 rings (SSSR count). The summed E-state index contributed by atoms with van der Waals surface area (Å²) in [6, 6.07) is 5.10. The third-order valence-corrected chi connectivity index (χ3v) is 2.49. The fourth-order valence-corrected chi connectivity index (χ4v) is 1.47. The number of fused-ring (bicyclic) bond motifs is 1. The van der Waals surface area contributed by atoms with Gasteiger partial charge in [-0.1, -0.05) is 11.6 Å². The van der Waals surface area contributed by atoms with Gasteiger partial charge in [0.2, 0.25) is 0 Å². The van der Waals surface area contributed by atoms with E-state index in [-0.39, 0.29) is 5.75 Å². The van der Waals surface area contributed by atoms with Crippen LogP contribution in [0, 0.1) is 6.92 Å². The Bertz CT molecular complexity index is 468. The maximum atomic E-state index is 9.50. The highest BCUT2D eigenvalue weighted by Crippen LogP contribution is 2.28. The molecule has 1 heterocycles. The minimum atomic E-state index is 0.241. The molecular formula is C10H8ClNO. The minimum absolute atomic E-state index is 0.241. The van der Waals surface area contributed by atoms with E-state index in [0.29, 0.717) is 5.02 Å². The molecule has 1 N–H and O–H groups in total. The van der Waals surface area contributed by atoms with Crippen LogP contribution in [0.15, 0.2) is 24.4 Å². The van der Waals surface area contributed by atoms with Crippen molar-refractivity contribution in [2.75, 3.05) is 0 Å². The van der Waals surface area contributed by atoms with Gasteiger partial charge in [0.25, 0.3) is 0 Å². The third-order valence-electron chi connectivity index (χ3n) is 2.08. The van der Waals surface area contributed by atoms with E-state index in [0.717, 1.165) is 16.5 Å². The Balaban J connectivity index is 2.94. The van der Waals surface area contributed by atoms with Gasteiger partial charge in [0, 0.05) is 16.6 Å². The number of benzene rings is 1. The lowest BCUT2D eigenvalue weighted by Gasteiger charge is -2.03. The summed E-state index contributed by atoms with van der Waals surface area (Å²) in [5.41, 5.74) is 1.66. The van der Waals surface area contributed by atoms with Crippen molar-refractivity contribution in [1.29, 1.82) is 0 Å². The standard InChI is InChI=1S/C10H8ClNO/c1-6-8(11)3-2-7-9(13)4-5-12-10(6)7/h2-5H,1H3,(H,12,13).